The summed E-state index contributed by atoms with van der Waals surface area (Å²) in [5.74, 6) is 0. The first-order valence-corrected chi connectivity index (χ1v) is 9.26. The van der Waals surface area contributed by atoms with Crippen LogP contribution in [0.3, 0.4) is 0 Å². The number of benzene rings is 1. The quantitative estimate of drug-likeness (QED) is 0.510. The summed E-state index contributed by atoms with van der Waals surface area (Å²) in [6.45, 7) is 4.63. The van der Waals surface area contributed by atoms with Gasteiger partial charge in [0.05, 0.1) is 0 Å². The number of hydrogen-bond acceptors (Lipinski definition) is 1. The predicted molar refractivity (Wildman–Crippen MR) is 91.6 cm³/mol. The molecule has 0 nitrogen and oxygen atoms in total. The molecule has 1 unspecified atom stereocenters. The van der Waals surface area contributed by atoms with Crippen molar-refractivity contribution in [1.82, 2.24) is 0 Å². The summed E-state index contributed by atoms with van der Waals surface area (Å²) < 4.78 is 1.42. The lowest BCUT2D eigenvalue weighted by atomic mass is 9.77. The van der Waals surface area contributed by atoms with Crippen LogP contribution in [0.15, 0.2) is 29.6 Å². The van der Waals surface area contributed by atoms with E-state index in [0.29, 0.717) is 5.41 Å². The van der Waals surface area contributed by atoms with Gasteiger partial charge in [-0.25, -0.2) is 0 Å². The lowest BCUT2D eigenvalue weighted by Crippen LogP contribution is -2.24. The summed E-state index contributed by atoms with van der Waals surface area (Å²) in [4.78, 5) is 0. The molecule has 0 N–H and O–H groups in total. The van der Waals surface area contributed by atoms with Gasteiger partial charge >= 0.3 is 0 Å². The minimum atomic E-state index is 0.430. The van der Waals surface area contributed by atoms with Gasteiger partial charge in [-0.3, -0.25) is 0 Å². The van der Waals surface area contributed by atoms with Crippen molar-refractivity contribution in [3.05, 3.63) is 35.2 Å². The van der Waals surface area contributed by atoms with Gasteiger partial charge < -0.3 is 0 Å². The first kappa shape index (κ1) is 15.1. The van der Waals surface area contributed by atoms with Crippen LogP contribution in [0.25, 0.3) is 10.1 Å². The number of halogens is 1. The highest BCUT2D eigenvalue weighted by Crippen LogP contribution is 2.38. The Bertz CT molecular complexity index is 511. The topological polar surface area (TPSA) is 0 Å². The third kappa shape index (κ3) is 3.41. The van der Waals surface area contributed by atoms with Crippen LogP contribution >= 0.6 is 27.3 Å². The van der Waals surface area contributed by atoms with Gasteiger partial charge in [0.15, 0.2) is 0 Å². The molecule has 1 heterocycles. The largest absolute Gasteiger partial charge is 0.144 e. The molecule has 0 saturated carbocycles. The summed E-state index contributed by atoms with van der Waals surface area (Å²) in [5.41, 5.74) is 1.97. The Morgan fingerprint density at radius 3 is 2.68 bits per heavy atom. The molecule has 0 spiro atoms. The Labute approximate surface area is 129 Å². The molecule has 2 heteroatoms. The second-order valence-corrected chi connectivity index (χ2v) is 7.00. The van der Waals surface area contributed by atoms with Crippen molar-refractivity contribution in [2.75, 3.05) is 5.33 Å². The number of rotatable bonds is 7. The fraction of sp³-hybridized carbons (Fsp3) is 0.529. The second kappa shape index (κ2) is 6.90. The Morgan fingerprint density at radius 1 is 1.21 bits per heavy atom. The lowest BCUT2D eigenvalue weighted by molar-refractivity contribution is 0.285. The Kier molecular flexibility index (Phi) is 5.47. The maximum Gasteiger partial charge on any atom is 0.0345 e. The first-order chi connectivity index (χ1) is 9.24. The molecule has 1 aromatic heterocycles. The zero-order chi connectivity index (χ0) is 13.7. The molecule has 2 aromatic rings. The molecule has 1 atom stereocenters. The van der Waals surface area contributed by atoms with E-state index < -0.39 is 0 Å². The van der Waals surface area contributed by atoms with E-state index in [-0.39, 0.29) is 0 Å². The molecule has 0 amide bonds. The van der Waals surface area contributed by atoms with E-state index in [9.17, 15) is 0 Å². The molecule has 0 fully saturated rings. The normalized spacial score (nSPS) is 14.7. The van der Waals surface area contributed by atoms with E-state index in [4.69, 9.17) is 0 Å². The van der Waals surface area contributed by atoms with Crippen LogP contribution in [0.1, 0.15) is 45.1 Å². The van der Waals surface area contributed by atoms with Gasteiger partial charge in [0.25, 0.3) is 0 Å². The monoisotopic (exact) mass is 338 g/mol. The summed E-state index contributed by atoms with van der Waals surface area (Å²) in [6, 6.07) is 8.80. The maximum atomic E-state index is 3.78. The molecular weight excluding hydrogens is 316 g/mol. The van der Waals surface area contributed by atoms with Crippen LogP contribution in [0.5, 0.6) is 0 Å². The zero-order valence-electron chi connectivity index (χ0n) is 11.9. The molecule has 0 aliphatic carbocycles. The Hall–Kier alpha value is -0.340. The molecule has 0 bridgehead atoms. The van der Waals surface area contributed by atoms with Crippen LogP contribution in [-0.4, -0.2) is 5.33 Å². The van der Waals surface area contributed by atoms with E-state index in [1.165, 1.54) is 47.8 Å². The summed E-state index contributed by atoms with van der Waals surface area (Å²) in [5, 5.41) is 4.94. The second-order valence-electron chi connectivity index (χ2n) is 5.52. The van der Waals surface area contributed by atoms with Gasteiger partial charge in [0, 0.05) is 10.0 Å². The fourth-order valence-electron chi connectivity index (χ4n) is 2.72. The molecule has 0 aliphatic rings. The minimum absolute atomic E-state index is 0.430. The molecule has 19 heavy (non-hydrogen) atoms. The lowest BCUT2D eigenvalue weighted by Gasteiger charge is -2.31. The molecule has 2 rings (SSSR count). The van der Waals surface area contributed by atoms with Gasteiger partial charge in [-0.15, -0.1) is 11.3 Å². The van der Waals surface area contributed by atoms with Crippen LogP contribution in [0.4, 0.5) is 0 Å². The molecule has 0 radical (unpaired) electrons. The van der Waals surface area contributed by atoms with Crippen molar-refractivity contribution in [3.63, 3.8) is 0 Å². The summed E-state index contributed by atoms with van der Waals surface area (Å²) in [6.07, 6.45) is 6.41. The number of fused-ring (bicyclic) bond motifs is 1. The molecule has 0 saturated heterocycles. The summed E-state index contributed by atoms with van der Waals surface area (Å²) in [7, 11) is 0. The van der Waals surface area contributed by atoms with Crippen LogP contribution in [0.2, 0.25) is 0 Å². The van der Waals surface area contributed by atoms with Gasteiger partial charge in [0.1, 0.15) is 0 Å². The number of alkyl halides is 1. The van der Waals surface area contributed by atoms with Gasteiger partial charge in [0.2, 0.25) is 0 Å². The van der Waals surface area contributed by atoms with Crippen LogP contribution in [-0.2, 0) is 6.42 Å². The predicted octanol–water partition coefficient (Wildman–Crippen LogP) is 6.43. The highest BCUT2D eigenvalue weighted by Gasteiger charge is 2.27. The number of hydrogen-bond donors (Lipinski definition) is 0. The van der Waals surface area contributed by atoms with Crippen LogP contribution in [0, 0.1) is 5.41 Å². The maximum absolute atomic E-state index is 3.78. The third-order valence-electron chi connectivity index (χ3n) is 4.22. The Morgan fingerprint density at radius 2 is 2.00 bits per heavy atom. The standard InChI is InChI=1S/C17H23BrS/c1-3-5-10-17(4-2,13-18)11-14-12-19-16-9-7-6-8-15(14)16/h6-9,12H,3-5,10-11,13H2,1-2H3. The van der Waals surface area contributed by atoms with E-state index in [1.807, 2.05) is 11.3 Å². The molecule has 0 aliphatic heterocycles. The van der Waals surface area contributed by atoms with Crippen molar-refractivity contribution in [1.29, 1.82) is 0 Å². The summed E-state index contributed by atoms with van der Waals surface area (Å²) >= 11 is 5.66. The van der Waals surface area contributed by atoms with Gasteiger partial charge in [-0.1, -0.05) is 60.8 Å². The highest BCUT2D eigenvalue weighted by atomic mass is 79.9. The highest BCUT2D eigenvalue weighted by molar-refractivity contribution is 9.09. The SMILES string of the molecule is CCCCC(CC)(CBr)Cc1csc2ccccc12. The smallest absolute Gasteiger partial charge is 0.0345 e. The fourth-order valence-corrected chi connectivity index (χ4v) is 4.56. The van der Waals surface area contributed by atoms with E-state index in [1.54, 1.807) is 0 Å². The molecule has 1 aromatic carbocycles. The van der Waals surface area contributed by atoms with E-state index in [0.717, 1.165) is 5.33 Å². The third-order valence-corrected chi connectivity index (χ3v) is 6.42. The minimum Gasteiger partial charge on any atom is -0.144 e. The van der Waals surface area contributed by atoms with Crippen molar-refractivity contribution >= 4 is 37.4 Å². The van der Waals surface area contributed by atoms with Crippen molar-refractivity contribution in [2.24, 2.45) is 5.41 Å². The molecule has 104 valence electrons. The van der Waals surface area contributed by atoms with Crippen molar-refractivity contribution in [2.45, 2.75) is 46.0 Å². The van der Waals surface area contributed by atoms with Gasteiger partial charge in [-0.05, 0) is 47.1 Å². The first-order valence-electron chi connectivity index (χ1n) is 7.26. The zero-order valence-corrected chi connectivity index (χ0v) is 14.3. The molecular formula is C17H23BrS. The van der Waals surface area contributed by atoms with Crippen molar-refractivity contribution < 1.29 is 0 Å². The van der Waals surface area contributed by atoms with E-state index in [2.05, 4.69) is 59.4 Å². The Balaban J connectivity index is 2.25. The average molecular weight is 339 g/mol. The number of thiophene rings is 1. The average Bonchev–Trinajstić information content (AvgIpc) is 2.87. The van der Waals surface area contributed by atoms with E-state index >= 15 is 0 Å². The van der Waals surface area contributed by atoms with Crippen LogP contribution < -0.4 is 0 Å². The van der Waals surface area contributed by atoms with Gasteiger partial charge in [-0.2, -0.15) is 0 Å². The van der Waals surface area contributed by atoms with Crippen molar-refractivity contribution in [3.8, 4) is 0 Å². The number of unbranched alkanes of at least 4 members (excludes halogenated alkanes) is 1.